The minimum atomic E-state index is -0.799. The van der Waals surface area contributed by atoms with Crippen LogP contribution in [0.5, 0.6) is 5.75 Å². The number of ether oxygens (including phenoxy) is 1. The van der Waals surface area contributed by atoms with Gasteiger partial charge < -0.3 is 14.0 Å². The molecule has 1 N–H and O–H groups in total. The lowest BCUT2D eigenvalue weighted by atomic mass is 9.99. The van der Waals surface area contributed by atoms with E-state index < -0.39 is 17.8 Å². The first-order valence-corrected chi connectivity index (χ1v) is 11.1. The first-order chi connectivity index (χ1) is 15.6. The predicted molar refractivity (Wildman–Crippen MR) is 119 cm³/mol. The van der Waals surface area contributed by atoms with Crippen molar-refractivity contribution in [1.82, 2.24) is 10.5 Å². The van der Waals surface area contributed by atoms with Gasteiger partial charge in [0, 0.05) is 11.8 Å². The maximum absolute atomic E-state index is 11.6. The highest BCUT2D eigenvalue weighted by molar-refractivity contribution is 7.15. The molecule has 1 fully saturated rings. The Bertz CT molecular complexity index is 1280. The van der Waals surface area contributed by atoms with Gasteiger partial charge in [-0.05, 0) is 41.8 Å². The van der Waals surface area contributed by atoms with Crippen molar-refractivity contribution in [3.05, 3.63) is 70.9 Å². The zero-order chi connectivity index (χ0) is 22.1. The Morgan fingerprint density at radius 1 is 1.12 bits per heavy atom. The molecule has 32 heavy (non-hydrogen) atoms. The second-order valence-corrected chi connectivity index (χ2v) is 8.44. The van der Waals surface area contributed by atoms with Gasteiger partial charge in [0.2, 0.25) is 5.89 Å². The molecule has 0 spiro atoms. The molecular weight excluding hydrogens is 428 g/mol. The summed E-state index contributed by atoms with van der Waals surface area (Å²) < 4.78 is 11.8. The van der Waals surface area contributed by atoms with Crippen LogP contribution >= 0.6 is 11.3 Å². The molecule has 0 saturated carbocycles. The average molecular weight is 449 g/mol. The number of hydrogen-bond acceptors (Lipinski definition) is 7. The molecule has 1 saturated heterocycles. The SMILES string of the molecule is Cc1oc(-c2scc3ccccc23)nc1CCOc1ccc(CC2C(=O)NOC2=O)cc1. The van der Waals surface area contributed by atoms with Gasteiger partial charge >= 0.3 is 5.97 Å². The fourth-order valence-electron chi connectivity index (χ4n) is 3.66. The predicted octanol–water partition coefficient (Wildman–Crippen LogP) is 4.23. The van der Waals surface area contributed by atoms with E-state index in [2.05, 4.69) is 27.8 Å². The number of nitrogens with one attached hydrogen (secondary N) is 1. The Labute approximate surface area is 187 Å². The van der Waals surface area contributed by atoms with E-state index in [1.165, 1.54) is 5.39 Å². The molecule has 0 aliphatic carbocycles. The molecule has 2 aromatic carbocycles. The summed E-state index contributed by atoms with van der Waals surface area (Å²) in [5.74, 6) is 0.381. The minimum absolute atomic E-state index is 0.295. The van der Waals surface area contributed by atoms with Crippen LogP contribution in [-0.4, -0.2) is 23.5 Å². The van der Waals surface area contributed by atoms with Crippen LogP contribution < -0.4 is 10.2 Å². The molecule has 1 aliphatic rings. The molecule has 1 amide bonds. The first-order valence-electron chi connectivity index (χ1n) is 10.2. The molecule has 2 aromatic heterocycles. The Kier molecular flexibility index (Phi) is 5.36. The van der Waals surface area contributed by atoms with Crippen molar-refractivity contribution >= 4 is 34.0 Å². The summed E-state index contributed by atoms with van der Waals surface area (Å²) in [6.45, 7) is 2.37. The number of amides is 1. The van der Waals surface area contributed by atoms with Gasteiger partial charge in [-0.2, -0.15) is 5.48 Å². The van der Waals surface area contributed by atoms with E-state index in [9.17, 15) is 9.59 Å². The molecule has 1 aliphatic heterocycles. The number of rotatable bonds is 7. The number of fused-ring (bicyclic) bond motifs is 1. The van der Waals surface area contributed by atoms with Crippen LogP contribution in [0.25, 0.3) is 21.5 Å². The number of carbonyl (C=O) groups excluding carboxylic acids is 2. The lowest BCUT2D eigenvalue weighted by molar-refractivity contribution is -0.146. The van der Waals surface area contributed by atoms with Gasteiger partial charge in [-0.25, -0.2) is 9.78 Å². The van der Waals surface area contributed by atoms with Crippen molar-refractivity contribution in [3.8, 4) is 16.5 Å². The number of hydrogen-bond donors (Lipinski definition) is 1. The number of aromatic nitrogens is 1. The van der Waals surface area contributed by atoms with Gasteiger partial charge in [0.15, 0.2) is 0 Å². The molecule has 4 aromatic rings. The minimum Gasteiger partial charge on any atom is -0.493 e. The van der Waals surface area contributed by atoms with E-state index in [1.807, 2.05) is 43.3 Å². The van der Waals surface area contributed by atoms with Crippen LogP contribution in [0, 0.1) is 12.8 Å². The maximum Gasteiger partial charge on any atom is 0.345 e. The van der Waals surface area contributed by atoms with Crippen LogP contribution in [0.3, 0.4) is 0 Å². The summed E-state index contributed by atoms with van der Waals surface area (Å²) in [6.07, 6.45) is 0.914. The van der Waals surface area contributed by atoms with E-state index >= 15 is 0 Å². The van der Waals surface area contributed by atoms with Crippen LogP contribution in [0.2, 0.25) is 0 Å². The number of thiophene rings is 1. The summed E-state index contributed by atoms with van der Waals surface area (Å²) in [6, 6.07) is 15.5. The third-order valence-electron chi connectivity index (χ3n) is 5.42. The van der Waals surface area contributed by atoms with Crippen molar-refractivity contribution < 1.29 is 23.6 Å². The maximum atomic E-state index is 11.6. The summed E-state index contributed by atoms with van der Waals surface area (Å²) in [7, 11) is 0. The zero-order valence-corrected chi connectivity index (χ0v) is 18.1. The van der Waals surface area contributed by atoms with E-state index in [1.54, 1.807) is 11.3 Å². The van der Waals surface area contributed by atoms with Gasteiger partial charge in [-0.1, -0.05) is 36.4 Å². The summed E-state index contributed by atoms with van der Waals surface area (Å²) >= 11 is 1.63. The molecule has 0 bridgehead atoms. The van der Waals surface area contributed by atoms with Crippen LogP contribution in [-0.2, 0) is 27.3 Å². The summed E-state index contributed by atoms with van der Waals surface area (Å²) in [4.78, 5) is 33.4. The third kappa shape index (κ3) is 3.97. The monoisotopic (exact) mass is 448 g/mol. The van der Waals surface area contributed by atoms with Crippen molar-refractivity contribution in [2.24, 2.45) is 5.92 Å². The highest BCUT2D eigenvalue weighted by Crippen LogP contribution is 2.35. The Morgan fingerprint density at radius 3 is 2.72 bits per heavy atom. The highest BCUT2D eigenvalue weighted by atomic mass is 32.1. The number of benzene rings is 2. The molecule has 1 atom stereocenters. The molecule has 5 rings (SSSR count). The normalized spacial score (nSPS) is 15.7. The van der Waals surface area contributed by atoms with Crippen molar-refractivity contribution in [2.75, 3.05) is 6.61 Å². The number of carbonyl (C=O) groups is 2. The Hall–Kier alpha value is -3.65. The molecule has 7 nitrogen and oxygen atoms in total. The number of hydroxylamine groups is 1. The fourth-order valence-corrected chi connectivity index (χ4v) is 4.62. The highest BCUT2D eigenvalue weighted by Gasteiger charge is 2.35. The molecule has 1 unspecified atom stereocenters. The first kappa shape index (κ1) is 20.3. The van der Waals surface area contributed by atoms with Crippen LogP contribution in [0.1, 0.15) is 17.0 Å². The standard InChI is InChI=1S/C24H20N2O5S/c1-14-20(25-23(30-14)21-18-5-3-2-4-16(18)13-32-21)10-11-29-17-8-6-15(7-9-17)12-19-22(27)26-31-24(19)28/h2-9,13,19H,10-12H2,1H3,(H,26,27). The zero-order valence-electron chi connectivity index (χ0n) is 17.3. The number of nitrogens with zero attached hydrogens (tertiary/aromatic N) is 1. The molecule has 162 valence electrons. The molecule has 8 heteroatoms. The van der Waals surface area contributed by atoms with E-state index in [4.69, 9.17) is 14.1 Å². The van der Waals surface area contributed by atoms with Crippen LogP contribution in [0.4, 0.5) is 0 Å². The van der Waals surface area contributed by atoms with E-state index in [0.29, 0.717) is 31.1 Å². The van der Waals surface area contributed by atoms with Crippen LogP contribution in [0.15, 0.2) is 58.3 Å². The lowest BCUT2D eigenvalue weighted by Gasteiger charge is -2.07. The second-order valence-electron chi connectivity index (χ2n) is 7.56. The van der Waals surface area contributed by atoms with Gasteiger partial charge in [-0.3, -0.25) is 4.79 Å². The molecule has 3 heterocycles. The summed E-state index contributed by atoms with van der Waals surface area (Å²) in [5, 5.41) is 4.44. The van der Waals surface area contributed by atoms with Gasteiger partial charge in [0.05, 0.1) is 17.2 Å². The van der Waals surface area contributed by atoms with Gasteiger partial charge in [0.25, 0.3) is 5.91 Å². The van der Waals surface area contributed by atoms with Gasteiger partial charge in [0.1, 0.15) is 17.4 Å². The smallest absolute Gasteiger partial charge is 0.345 e. The topological polar surface area (TPSA) is 90.7 Å². The van der Waals surface area contributed by atoms with Crippen molar-refractivity contribution in [3.63, 3.8) is 0 Å². The number of aryl methyl sites for hydroxylation is 1. The molecule has 0 radical (unpaired) electrons. The Morgan fingerprint density at radius 2 is 1.94 bits per heavy atom. The second kappa shape index (κ2) is 8.47. The van der Waals surface area contributed by atoms with Gasteiger partial charge in [-0.15, -0.1) is 11.3 Å². The number of oxazole rings is 1. The average Bonchev–Trinajstić information content (AvgIpc) is 3.48. The fraction of sp³-hybridized carbons (Fsp3) is 0.208. The van der Waals surface area contributed by atoms with Crippen molar-refractivity contribution in [1.29, 1.82) is 0 Å². The largest absolute Gasteiger partial charge is 0.493 e. The quantitative estimate of drug-likeness (QED) is 0.426. The summed E-state index contributed by atoms with van der Waals surface area (Å²) in [5.41, 5.74) is 3.82. The van der Waals surface area contributed by atoms with Crippen molar-refractivity contribution in [2.45, 2.75) is 19.8 Å². The third-order valence-corrected chi connectivity index (χ3v) is 6.42. The van der Waals surface area contributed by atoms with E-state index in [-0.39, 0.29) is 0 Å². The van der Waals surface area contributed by atoms with E-state index in [0.717, 1.165) is 27.3 Å². The Balaban J connectivity index is 1.20. The lowest BCUT2D eigenvalue weighted by Crippen LogP contribution is -2.21. The molecular formula is C24H20N2O5S.